The van der Waals surface area contributed by atoms with E-state index >= 15 is 0 Å². The van der Waals surface area contributed by atoms with Gasteiger partial charge >= 0.3 is 6.09 Å². The van der Waals surface area contributed by atoms with E-state index in [1.165, 1.54) is 6.20 Å². The maximum absolute atomic E-state index is 13.3. The SMILES string of the molecule is O=C(NCCc1ccncc1F)OCc1ccccc1. The number of nitrogens with one attached hydrogen (secondary N) is 1. The van der Waals surface area contributed by atoms with E-state index in [0.717, 1.165) is 11.8 Å². The molecule has 0 aliphatic rings. The van der Waals surface area contributed by atoms with Crippen LogP contribution < -0.4 is 5.32 Å². The highest BCUT2D eigenvalue weighted by molar-refractivity contribution is 5.67. The van der Waals surface area contributed by atoms with E-state index < -0.39 is 6.09 Å². The Morgan fingerprint density at radius 3 is 2.80 bits per heavy atom. The number of ether oxygens (including phenoxy) is 1. The predicted octanol–water partition coefficient (Wildman–Crippen LogP) is 2.69. The first-order valence-corrected chi connectivity index (χ1v) is 6.28. The van der Waals surface area contributed by atoms with Crippen molar-refractivity contribution in [1.82, 2.24) is 10.3 Å². The first-order valence-electron chi connectivity index (χ1n) is 6.28. The molecule has 0 saturated carbocycles. The van der Waals surface area contributed by atoms with Gasteiger partial charge in [-0.1, -0.05) is 30.3 Å². The number of alkyl carbamates (subject to hydrolysis) is 1. The van der Waals surface area contributed by atoms with Gasteiger partial charge in [0, 0.05) is 12.7 Å². The molecular weight excluding hydrogens is 259 g/mol. The number of benzene rings is 1. The summed E-state index contributed by atoms with van der Waals surface area (Å²) >= 11 is 0. The maximum atomic E-state index is 13.3. The smallest absolute Gasteiger partial charge is 0.407 e. The molecule has 1 aromatic heterocycles. The molecule has 1 N–H and O–H groups in total. The highest BCUT2D eigenvalue weighted by Gasteiger charge is 2.04. The molecule has 4 nitrogen and oxygen atoms in total. The quantitative estimate of drug-likeness (QED) is 0.912. The Kier molecular flexibility index (Phi) is 5.06. The highest BCUT2D eigenvalue weighted by atomic mass is 19.1. The summed E-state index contributed by atoms with van der Waals surface area (Å²) in [7, 11) is 0. The third-order valence-corrected chi connectivity index (χ3v) is 2.73. The maximum Gasteiger partial charge on any atom is 0.407 e. The average molecular weight is 274 g/mol. The van der Waals surface area contributed by atoms with Crippen molar-refractivity contribution in [2.24, 2.45) is 0 Å². The fourth-order valence-electron chi connectivity index (χ4n) is 1.68. The molecule has 0 atom stereocenters. The number of rotatable bonds is 5. The Morgan fingerprint density at radius 2 is 2.05 bits per heavy atom. The number of hydrogen-bond donors (Lipinski definition) is 1. The fraction of sp³-hybridized carbons (Fsp3) is 0.200. The van der Waals surface area contributed by atoms with Gasteiger partial charge in [-0.3, -0.25) is 4.98 Å². The zero-order chi connectivity index (χ0) is 14.2. The molecule has 5 heteroatoms. The fourth-order valence-corrected chi connectivity index (χ4v) is 1.68. The highest BCUT2D eigenvalue weighted by Crippen LogP contribution is 2.04. The van der Waals surface area contributed by atoms with E-state index in [1.54, 1.807) is 6.07 Å². The van der Waals surface area contributed by atoms with E-state index in [1.807, 2.05) is 30.3 Å². The molecule has 0 unspecified atom stereocenters. The first kappa shape index (κ1) is 14.0. The van der Waals surface area contributed by atoms with Gasteiger partial charge in [-0.05, 0) is 23.6 Å². The molecule has 1 aromatic carbocycles. The minimum Gasteiger partial charge on any atom is -0.445 e. The number of hydrogen-bond acceptors (Lipinski definition) is 3. The monoisotopic (exact) mass is 274 g/mol. The summed E-state index contributed by atoms with van der Waals surface area (Å²) in [4.78, 5) is 15.1. The molecule has 1 heterocycles. The second-order valence-corrected chi connectivity index (χ2v) is 4.21. The van der Waals surface area contributed by atoms with Gasteiger partial charge in [-0.2, -0.15) is 0 Å². The molecule has 0 aliphatic carbocycles. The summed E-state index contributed by atoms with van der Waals surface area (Å²) in [5, 5.41) is 2.58. The Hall–Kier alpha value is -2.43. The van der Waals surface area contributed by atoms with Crippen LogP contribution in [0.5, 0.6) is 0 Å². The standard InChI is InChI=1S/C15H15FN2O2/c16-14-10-17-8-6-13(14)7-9-18-15(19)20-11-12-4-2-1-3-5-12/h1-6,8,10H,7,9,11H2,(H,18,19). The van der Waals surface area contributed by atoms with Crippen molar-refractivity contribution in [2.75, 3.05) is 6.54 Å². The normalized spacial score (nSPS) is 10.1. The predicted molar refractivity (Wildman–Crippen MR) is 72.5 cm³/mol. The molecule has 0 fully saturated rings. The molecule has 104 valence electrons. The van der Waals surface area contributed by atoms with Crippen molar-refractivity contribution in [3.05, 3.63) is 65.7 Å². The van der Waals surface area contributed by atoms with Crippen LogP contribution in [0.3, 0.4) is 0 Å². The van der Waals surface area contributed by atoms with Crippen molar-refractivity contribution in [3.63, 3.8) is 0 Å². The summed E-state index contributed by atoms with van der Waals surface area (Å²) in [5.41, 5.74) is 1.44. The number of aromatic nitrogens is 1. The average Bonchev–Trinajstić information content (AvgIpc) is 2.48. The van der Waals surface area contributed by atoms with Crippen LogP contribution in [0.15, 0.2) is 48.8 Å². The molecule has 1 amide bonds. The van der Waals surface area contributed by atoms with Gasteiger partial charge in [-0.25, -0.2) is 9.18 Å². The second-order valence-electron chi connectivity index (χ2n) is 4.21. The van der Waals surface area contributed by atoms with Crippen LogP contribution >= 0.6 is 0 Å². The van der Waals surface area contributed by atoms with Gasteiger partial charge in [0.1, 0.15) is 12.4 Å². The van der Waals surface area contributed by atoms with Crippen LogP contribution in [0.4, 0.5) is 9.18 Å². The van der Waals surface area contributed by atoms with Gasteiger partial charge in [0.25, 0.3) is 0 Å². The number of halogens is 1. The van der Waals surface area contributed by atoms with Gasteiger partial charge in [0.05, 0.1) is 6.20 Å². The lowest BCUT2D eigenvalue weighted by Gasteiger charge is -2.07. The number of nitrogens with zero attached hydrogens (tertiary/aromatic N) is 1. The van der Waals surface area contributed by atoms with Crippen LogP contribution in [-0.4, -0.2) is 17.6 Å². The Bertz CT molecular complexity index is 561. The Balaban J connectivity index is 1.69. The second kappa shape index (κ2) is 7.23. The van der Waals surface area contributed by atoms with Crippen molar-refractivity contribution in [2.45, 2.75) is 13.0 Å². The zero-order valence-corrected chi connectivity index (χ0v) is 10.9. The van der Waals surface area contributed by atoms with E-state index in [2.05, 4.69) is 10.3 Å². The summed E-state index contributed by atoms with van der Waals surface area (Å²) in [6.45, 7) is 0.533. The lowest BCUT2D eigenvalue weighted by molar-refractivity contribution is 0.140. The van der Waals surface area contributed by atoms with E-state index in [9.17, 15) is 9.18 Å². The summed E-state index contributed by atoms with van der Waals surface area (Å²) in [6.07, 6.45) is 2.56. The lowest BCUT2D eigenvalue weighted by atomic mass is 10.2. The molecule has 0 saturated heterocycles. The van der Waals surface area contributed by atoms with E-state index in [0.29, 0.717) is 18.5 Å². The molecule has 2 rings (SSSR count). The number of carbonyl (C=O) groups is 1. The molecule has 0 spiro atoms. The lowest BCUT2D eigenvalue weighted by Crippen LogP contribution is -2.26. The van der Waals surface area contributed by atoms with Crippen LogP contribution in [0.25, 0.3) is 0 Å². The largest absolute Gasteiger partial charge is 0.445 e. The molecule has 0 bridgehead atoms. The molecular formula is C15H15FN2O2. The van der Waals surface area contributed by atoms with E-state index in [4.69, 9.17) is 4.74 Å². The van der Waals surface area contributed by atoms with Gasteiger partial charge < -0.3 is 10.1 Å². The number of carbonyl (C=O) groups excluding carboxylic acids is 1. The third-order valence-electron chi connectivity index (χ3n) is 2.73. The van der Waals surface area contributed by atoms with Crippen molar-refractivity contribution in [3.8, 4) is 0 Å². The summed E-state index contributed by atoms with van der Waals surface area (Å²) in [5.74, 6) is -0.369. The van der Waals surface area contributed by atoms with Crippen LogP contribution in [0.2, 0.25) is 0 Å². The zero-order valence-electron chi connectivity index (χ0n) is 10.9. The summed E-state index contributed by atoms with van der Waals surface area (Å²) < 4.78 is 18.3. The minimum atomic E-state index is -0.511. The molecule has 20 heavy (non-hydrogen) atoms. The van der Waals surface area contributed by atoms with E-state index in [-0.39, 0.29) is 12.4 Å². The van der Waals surface area contributed by atoms with Crippen molar-refractivity contribution < 1.29 is 13.9 Å². The van der Waals surface area contributed by atoms with Crippen LogP contribution in [-0.2, 0) is 17.8 Å². The van der Waals surface area contributed by atoms with Gasteiger partial charge in [0.15, 0.2) is 0 Å². The van der Waals surface area contributed by atoms with Gasteiger partial charge in [0.2, 0.25) is 0 Å². The topological polar surface area (TPSA) is 51.2 Å². The molecule has 0 radical (unpaired) electrons. The van der Waals surface area contributed by atoms with Crippen molar-refractivity contribution >= 4 is 6.09 Å². The van der Waals surface area contributed by atoms with Crippen LogP contribution in [0, 0.1) is 5.82 Å². The Labute approximate surface area is 116 Å². The molecule has 0 aliphatic heterocycles. The minimum absolute atomic E-state index is 0.219. The molecule has 2 aromatic rings. The Morgan fingerprint density at radius 1 is 1.25 bits per heavy atom. The summed E-state index contributed by atoms with van der Waals surface area (Å²) in [6, 6.07) is 11.0. The number of amides is 1. The van der Waals surface area contributed by atoms with Crippen molar-refractivity contribution in [1.29, 1.82) is 0 Å². The van der Waals surface area contributed by atoms with Crippen LogP contribution in [0.1, 0.15) is 11.1 Å². The first-order chi connectivity index (χ1) is 9.75. The number of pyridine rings is 1. The van der Waals surface area contributed by atoms with Gasteiger partial charge in [-0.15, -0.1) is 0 Å². The third kappa shape index (κ3) is 4.35.